The monoisotopic (exact) mass is 375 g/mol. The molecule has 8 heteroatoms. The summed E-state index contributed by atoms with van der Waals surface area (Å²) >= 11 is 1.78. The van der Waals surface area contributed by atoms with Crippen LogP contribution in [0, 0.1) is 0 Å². The van der Waals surface area contributed by atoms with Crippen LogP contribution in [0.15, 0.2) is 57.5 Å². The molecule has 1 atom stereocenters. The van der Waals surface area contributed by atoms with E-state index in [9.17, 15) is 13.2 Å². The summed E-state index contributed by atoms with van der Waals surface area (Å²) in [6, 6.07) is 7.96. The summed E-state index contributed by atoms with van der Waals surface area (Å²) in [5, 5.41) is 3.05. The molecule has 3 aliphatic rings. The number of rotatable bonds is 2. The van der Waals surface area contributed by atoms with E-state index in [1.165, 1.54) is 4.90 Å². The van der Waals surface area contributed by atoms with E-state index in [0.29, 0.717) is 12.1 Å². The van der Waals surface area contributed by atoms with E-state index < -0.39 is 10.0 Å². The Morgan fingerprint density at radius 2 is 2.16 bits per heavy atom. The lowest BCUT2D eigenvalue weighted by Gasteiger charge is -2.30. The van der Waals surface area contributed by atoms with E-state index in [0.717, 1.165) is 17.7 Å². The fourth-order valence-corrected chi connectivity index (χ4v) is 5.23. The van der Waals surface area contributed by atoms with Gasteiger partial charge in [-0.25, -0.2) is 8.42 Å². The van der Waals surface area contributed by atoms with Gasteiger partial charge in [0.2, 0.25) is 0 Å². The minimum atomic E-state index is -3.51. The van der Waals surface area contributed by atoms with E-state index >= 15 is 0 Å². The fourth-order valence-electron chi connectivity index (χ4n) is 3.12. The number of hydrogen-bond donors (Lipinski definition) is 1. The Labute approximate surface area is 150 Å². The summed E-state index contributed by atoms with van der Waals surface area (Å²) in [6.07, 6.45) is 5.95. The summed E-state index contributed by atoms with van der Waals surface area (Å²) in [4.78, 5) is 15.7. The molecular formula is C17H17N3O3S2. The molecule has 0 saturated heterocycles. The second kappa shape index (κ2) is 6.34. The maximum absolute atomic E-state index is 12.8. The lowest BCUT2D eigenvalue weighted by Crippen LogP contribution is -2.43. The standard InChI is InChI=1S/C17H17N3O3S2/c21-17(18-14-7-10-24-15-6-2-1-4-12(14)15)13-5-3-8-20-9-11-25(22,23)19-16(13)20/h1-6,8,14H,7,9-11H2,(H,18,21)/t14-/m1/s1. The smallest absolute Gasteiger partial charge is 0.256 e. The van der Waals surface area contributed by atoms with Gasteiger partial charge in [-0.2, -0.15) is 0 Å². The number of fused-ring (bicyclic) bond motifs is 2. The Balaban J connectivity index is 1.61. The molecule has 0 spiro atoms. The third kappa shape index (κ3) is 3.23. The van der Waals surface area contributed by atoms with E-state index in [2.05, 4.69) is 15.8 Å². The second-order valence-corrected chi connectivity index (χ2v) is 8.91. The normalized spacial score (nSPS) is 23.8. The molecule has 3 aliphatic heterocycles. The third-order valence-electron chi connectivity index (χ3n) is 4.37. The average Bonchev–Trinajstić information content (AvgIpc) is 2.61. The Bertz CT molecular complexity index is 919. The molecule has 4 rings (SSSR count). The van der Waals surface area contributed by atoms with Crippen molar-refractivity contribution in [3.8, 4) is 0 Å². The highest BCUT2D eigenvalue weighted by Gasteiger charge is 2.31. The first kappa shape index (κ1) is 16.4. The minimum absolute atomic E-state index is 0.0387. The van der Waals surface area contributed by atoms with Gasteiger partial charge in [-0.1, -0.05) is 18.2 Å². The van der Waals surface area contributed by atoms with Gasteiger partial charge in [0.1, 0.15) is 0 Å². The van der Waals surface area contributed by atoms with Crippen LogP contribution in [0.5, 0.6) is 0 Å². The van der Waals surface area contributed by atoms with Crippen LogP contribution in [0.1, 0.15) is 18.0 Å². The van der Waals surface area contributed by atoms with E-state index in [4.69, 9.17) is 0 Å². The molecule has 1 aromatic carbocycles. The summed E-state index contributed by atoms with van der Waals surface area (Å²) in [5.74, 6) is 0.812. The number of amides is 1. The van der Waals surface area contributed by atoms with Crippen LogP contribution in [-0.2, 0) is 14.8 Å². The first-order valence-corrected chi connectivity index (χ1v) is 10.6. The van der Waals surface area contributed by atoms with Crippen molar-refractivity contribution < 1.29 is 13.2 Å². The van der Waals surface area contributed by atoms with Crippen LogP contribution in [0.3, 0.4) is 0 Å². The number of nitrogens with one attached hydrogen (secondary N) is 1. The van der Waals surface area contributed by atoms with Crippen molar-refractivity contribution in [2.75, 3.05) is 18.1 Å². The number of thioether (sulfide) groups is 1. The first-order valence-electron chi connectivity index (χ1n) is 8.04. The predicted molar refractivity (Wildman–Crippen MR) is 97.8 cm³/mol. The molecule has 0 unspecified atom stereocenters. The van der Waals surface area contributed by atoms with Gasteiger partial charge in [0.25, 0.3) is 15.9 Å². The number of allylic oxidation sites excluding steroid dienone is 2. The molecule has 1 amide bonds. The zero-order chi connectivity index (χ0) is 17.4. The topological polar surface area (TPSA) is 78.8 Å². The van der Waals surface area contributed by atoms with Crippen LogP contribution in [-0.4, -0.2) is 43.1 Å². The maximum atomic E-state index is 12.8. The molecule has 1 aromatic rings. The third-order valence-corrected chi connectivity index (χ3v) is 6.64. The molecule has 0 radical (unpaired) electrons. The highest BCUT2D eigenvalue weighted by atomic mass is 32.2. The highest BCUT2D eigenvalue weighted by molar-refractivity contribution is 7.99. The summed E-state index contributed by atoms with van der Waals surface area (Å²) in [6.45, 7) is 0.311. The van der Waals surface area contributed by atoms with Crippen LogP contribution in [0.2, 0.25) is 0 Å². The van der Waals surface area contributed by atoms with Crippen molar-refractivity contribution in [2.45, 2.75) is 17.4 Å². The van der Waals surface area contributed by atoms with E-state index in [1.807, 2.05) is 18.2 Å². The number of carbonyl (C=O) groups is 1. The number of hydrogen-bond acceptors (Lipinski definition) is 5. The Hall–Kier alpha value is -2.06. The van der Waals surface area contributed by atoms with Gasteiger partial charge in [0, 0.05) is 23.4 Å². The zero-order valence-corrected chi connectivity index (χ0v) is 15.0. The van der Waals surface area contributed by atoms with Crippen molar-refractivity contribution >= 4 is 33.5 Å². The predicted octanol–water partition coefficient (Wildman–Crippen LogP) is 1.84. The Morgan fingerprint density at radius 3 is 3.04 bits per heavy atom. The van der Waals surface area contributed by atoms with E-state index in [1.54, 1.807) is 35.0 Å². The summed E-state index contributed by atoms with van der Waals surface area (Å²) in [5.41, 5.74) is 1.40. The number of amidine groups is 1. The second-order valence-electron chi connectivity index (χ2n) is 6.02. The molecule has 0 bridgehead atoms. The van der Waals surface area contributed by atoms with Crippen LogP contribution < -0.4 is 5.32 Å². The molecule has 130 valence electrons. The van der Waals surface area contributed by atoms with Crippen molar-refractivity contribution in [3.63, 3.8) is 0 Å². The number of sulfonamides is 1. The molecule has 3 heterocycles. The van der Waals surface area contributed by atoms with Crippen molar-refractivity contribution in [1.82, 2.24) is 10.2 Å². The molecule has 1 N–H and O–H groups in total. The summed E-state index contributed by atoms with van der Waals surface area (Å²) in [7, 11) is -3.51. The average molecular weight is 375 g/mol. The fraction of sp³-hybridized carbons (Fsp3) is 0.294. The summed E-state index contributed by atoms with van der Waals surface area (Å²) < 4.78 is 27.5. The Morgan fingerprint density at radius 1 is 1.32 bits per heavy atom. The number of nitrogens with zero attached hydrogens (tertiary/aromatic N) is 2. The first-order chi connectivity index (χ1) is 12.0. The van der Waals surface area contributed by atoms with Gasteiger partial charge in [-0.05, 0) is 30.2 Å². The van der Waals surface area contributed by atoms with Gasteiger partial charge >= 0.3 is 0 Å². The van der Waals surface area contributed by atoms with Crippen LogP contribution >= 0.6 is 11.8 Å². The lowest BCUT2D eigenvalue weighted by molar-refractivity contribution is -0.117. The molecule has 0 saturated carbocycles. The van der Waals surface area contributed by atoms with Gasteiger partial charge in [0.05, 0.1) is 17.4 Å². The minimum Gasteiger partial charge on any atom is -0.345 e. The molecule has 0 aliphatic carbocycles. The molecule has 25 heavy (non-hydrogen) atoms. The molecule has 6 nitrogen and oxygen atoms in total. The highest BCUT2D eigenvalue weighted by Crippen LogP contribution is 2.36. The van der Waals surface area contributed by atoms with Gasteiger partial charge < -0.3 is 10.2 Å². The molecular weight excluding hydrogens is 358 g/mol. The maximum Gasteiger partial charge on any atom is 0.256 e. The van der Waals surface area contributed by atoms with Crippen LogP contribution in [0.4, 0.5) is 0 Å². The van der Waals surface area contributed by atoms with Gasteiger partial charge in [-0.15, -0.1) is 16.2 Å². The zero-order valence-electron chi connectivity index (χ0n) is 13.4. The largest absolute Gasteiger partial charge is 0.345 e. The van der Waals surface area contributed by atoms with Gasteiger partial charge in [0.15, 0.2) is 5.84 Å². The quantitative estimate of drug-likeness (QED) is 0.853. The SMILES string of the molecule is O=C(N[C@@H]1CCSc2ccccc21)C1=CC=CN2CCS(=O)(=O)N=C12. The van der Waals surface area contributed by atoms with Crippen molar-refractivity contribution in [2.24, 2.45) is 4.40 Å². The number of carbonyl (C=O) groups excluding carboxylic acids is 1. The Kier molecular flexibility index (Phi) is 4.16. The van der Waals surface area contributed by atoms with E-state index in [-0.39, 0.29) is 23.5 Å². The van der Waals surface area contributed by atoms with Crippen molar-refractivity contribution in [3.05, 3.63) is 53.8 Å². The van der Waals surface area contributed by atoms with Gasteiger partial charge in [-0.3, -0.25) is 4.79 Å². The lowest BCUT2D eigenvalue weighted by atomic mass is 10.0. The van der Waals surface area contributed by atoms with Crippen LogP contribution in [0.25, 0.3) is 0 Å². The number of benzene rings is 1. The molecule has 0 fully saturated rings. The van der Waals surface area contributed by atoms with Crippen molar-refractivity contribution in [1.29, 1.82) is 0 Å². The molecule has 0 aromatic heterocycles.